The van der Waals surface area contributed by atoms with E-state index in [-0.39, 0.29) is 12.3 Å². The van der Waals surface area contributed by atoms with Gasteiger partial charge in [-0.3, -0.25) is 4.90 Å². The number of fused-ring (bicyclic) bond motifs is 2. The molecule has 0 aliphatic carbocycles. The summed E-state index contributed by atoms with van der Waals surface area (Å²) in [5, 5.41) is 16.0. The van der Waals surface area contributed by atoms with Crippen LogP contribution in [0.4, 0.5) is 23.7 Å². The number of aliphatic hydroxyl groups excluding tert-OH is 1. The molecule has 3 aliphatic rings. The number of urea groups is 1. The van der Waals surface area contributed by atoms with E-state index in [4.69, 9.17) is 9.47 Å². The van der Waals surface area contributed by atoms with E-state index >= 15 is 0 Å². The molecule has 160 valence electrons. The molecule has 5 atom stereocenters. The van der Waals surface area contributed by atoms with Crippen LogP contribution in [0.2, 0.25) is 0 Å². The van der Waals surface area contributed by atoms with Crippen LogP contribution in [0.5, 0.6) is 0 Å². The lowest BCUT2D eigenvalue weighted by atomic mass is 9.93. The van der Waals surface area contributed by atoms with Crippen LogP contribution in [-0.4, -0.2) is 66.3 Å². The number of rotatable bonds is 3. The number of anilines is 1. The summed E-state index contributed by atoms with van der Waals surface area (Å²) in [6.07, 6.45) is -3.29. The number of hydrogen-bond acceptors (Lipinski definition) is 5. The Bertz CT molecular complexity index is 742. The predicted molar refractivity (Wildman–Crippen MR) is 97.2 cm³/mol. The highest BCUT2D eigenvalue weighted by Crippen LogP contribution is 2.33. The zero-order chi connectivity index (χ0) is 20.6. The van der Waals surface area contributed by atoms with Gasteiger partial charge in [0.1, 0.15) is 6.10 Å². The van der Waals surface area contributed by atoms with E-state index in [0.29, 0.717) is 0 Å². The van der Waals surface area contributed by atoms with Crippen LogP contribution >= 0.6 is 0 Å². The molecular formula is C19H24F3N3O4. The Labute approximate surface area is 166 Å². The molecule has 2 amide bonds. The summed E-state index contributed by atoms with van der Waals surface area (Å²) < 4.78 is 50.1. The lowest BCUT2D eigenvalue weighted by Gasteiger charge is -2.45. The lowest BCUT2D eigenvalue weighted by molar-refractivity contribution is -0.183. The third-order valence-electron chi connectivity index (χ3n) is 5.69. The van der Waals surface area contributed by atoms with Crippen LogP contribution in [0.1, 0.15) is 24.8 Å². The number of aliphatic hydroxyl groups is 1. The molecule has 3 heterocycles. The molecule has 0 spiro atoms. The van der Waals surface area contributed by atoms with Crippen molar-refractivity contribution >= 4 is 11.7 Å². The number of amides is 2. The van der Waals surface area contributed by atoms with E-state index in [0.717, 1.165) is 44.5 Å². The summed E-state index contributed by atoms with van der Waals surface area (Å²) in [5.74, 6) is 0. The molecule has 3 N–H and O–H groups in total. The van der Waals surface area contributed by atoms with Crippen molar-refractivity contribution in [3.05, 3.63) is 29.8 Å². The summed E-state index contributed by atoms with van der Waals surface area (Å²) in [6, 6.07) is 2.55. The number of nitrogens with one attached hydrogen (secondary N) is 2. The first-order valence-electron chi connectivity index (χ1n) is 9.77. The monoisotopic (exact) mass is 415 g/mol. The number of benzene rings is 1. The van der Waals surface area contributed by atoms with Crippen molar-refractivity contribution in [2.75, 3.05) is 25.0 Å². The number of hydrogen-bond donors (Lipinski definition) is 3. The largest absolute Gasteiger partial charge is 0.416 e. The van der Waals surface area contributed by atoms with Crippen LogP contribution < -0.4 is 10.6 Å². The van der Waals surface area contributed by atoms with Crippen molar-refractivity contribution in [2.24, 2.45) is 0 Å². The fourth-order valence-electron chi connectivity index (χ4n) is 4.28. The number of halogens is 3. The van der Waals surface area contributed by atoms with E-state index in [2.05, 4.69) is 15.5 Å². The minimum Gasteiger partial charge on any atom is -0.389 e. The van der Waals surface area contributed by atoms with E-state index in [1.807, 2.05) is 0 Å². The SMILES string of the molecule is O=C(Nc1cccc(C(F)(F)F)c1)NC1C2COC(O2)C(N2CCCCC2)C1O. The first-order chi connectivity index (χ1) is 13.8. The Morgan fingerprint density at radius 2 is 1.97 bits per heavy atom. The number of likely N-dealkylation sites (tertiary alicyclic amines) is 1. The second-order valence-electron chi connectivity index (χ2n) is 7.66. The predicted octanol–water partition coefficient (Wildman–Crippen LogP) is 2.17. The number of carbonyl (C=O) groups excluding carboxylic acids is 1. The van der Waals surface area contributed by atoms with Crippen molar-refractivity contribution in [2.45, 2.75) is 56.0 Å². The van der Waals surface area contributed by atoms with Crippen molar-refractivity contribution < 1.29 is 32.5 Å². The van der Waals surface area contributed by atoms with Gasteiger partial charge in [-0.2, -0.15) is 13.2 Å². The molecule has 7 nitrogen and oxygen atoms in total. The number of carbonyl (C=O) groups is 1. The molecule has 3 aliphatic heterocycles. The highest BCUT2D eigenvalue weighted by atomic mass is 19.4. The zero-order valence-electron chi connectivity index (χ0n) is 15.7. The van der Waals surface area contributed by atoms with Gasteiger partial charge in [-0.25, -0.2) is 4.79 Å². The molecule has 1 aromatic rings. The Morgan fingerprint density at radius 1 is 1.21 bits per heavy atom. The maximum Gasteiger partial charge on any atom is 0.416 e. The third-order valence-corrected chi connectivity index (χ3v) is 5.69. The van der Waals surface area contributed by atoms with Crippen molar-refractivity contribution in [3.8, 4) is 0 Å². The van der Waals surface area contributed by atoms with Gasteiger partial charge in [0.15, 0.2) is 6.29 Å². The van der Waals surface area contributed by atoms with E-state index < -0.39 is 48.4 Å². The van der Waals surface area contributed by atoms with Gasteiger partial charge in [0.25, 0.3) is 0 Å². The topological polar surface area (TPSA) is 83.1 Å². The van der Waals surface area contributed by atoms with Gasteiger partial charge in [-0.05, 0) is 44.1 Å². The summed E-state index contributed by atoms with van der Waals surface area (Å²) >= 11 is 0. The fraction of sp³-hybridized carbons (Fsp3) is 0.632. The van der Waals surface area contributed by atoms with Crippen LogP contribution in [0.25, 0.3) is 0 Å². The second-order valence-corrected chi connectivity index (χ2v) is 7.66. The van der Waals surface area contributed by atoms with Crippen molar-refractivity contribution in [3.63, 3.8) is 0 Å². The molecular weight excluding hydrogens is 391 g/mol. The second kappa shape index (κ2) is 8.10. The Morgan fingerprint density at radius 3 is 2.69 bits per heavy atom. The molecule has 1 aromatic carbocycles. The molecule has 0 aromatic heterocycles. The number of alkyl halides is 3. The van der Waals surface area contributed by atoms with Gasteiger partial charge in [0.05, 0.1) is 30.4 Å². The van der Waals surface area contributed by atoms with Gasteiger partial charge >= 0.3 is 12.2 Å². The van der Waals surface area contributed by atoms with Crippen molar-refractivity contribution in [1.82, 2.24) is 10.2 Å². The molecule has 3 saturated heterocycles. The van der Waals surface area contributed by atoms with E-state index in [1.54, 1.807) is 0 Å². The van der Waals surface area contributed by atoms with E-state index in [1.165, 1.54) is 12.1 Å². The third kappa shape index (κ3) is 4.35. The normalized spacial score (nSPS) is 32.8. The van der Waals surface area contributed by atoms with Crippen molar-refractivity contribution in [1.29, 1.82) is 0 Å². The average Bonchev–Trinajstić information content (AvgIpc) is 3.11. The molecule has 10 heteroatoms. The molecule has 4 rings (SSSR count). The standard InChI is InChI=1S/C19H24F3N3O4/c20-19(21,22)11-5-4-6-12(9-11)23-18(27)24-14-13-10-28-17(29-13)15(16(14)26)25-7-2-1-3-8-25/h4-6,9,13-17,26H,1-3,7-8,10H2,(H2,23,24,27). The molecule has 3 fully saturated rings. The Balaban J connectivity index is 1.43. The maximum absolute atomic E-state index is 12.9. The van der Waals surface area contributed by atoms with Gasteiger partial charge in [0.2, 0.25) is 0 Å². The summed E-state index contributed by atoms with van der Waals surface area (Å²) in [5.41, 5.74) is -0.842. The van der Waals surface area contributed by atoms with Crippen LogP contribution in [0.15, 0.2) is 24.3 Å². The molecule has 29 heavy (non-hydrogen) atoms. The quantitative estimate of drug-likeness (QED) is 0.705. The van der Waals surface area contributed by atoms with Gasteiger partial charge in [-0.1, -0.05) is 12.5 Å². The summed E-state index contributed by atoms with van der Waals surface area (Å²) in [7, 11) is 0. The number of piperidine rings is 1. The summed E-state index contributed by atoms with van der Waals surface area (Å²) in [4.78, 5) is 14.5. The number of nitrogens with zero attached hydrogens (tertiary/aromatic N) is 1. The van der Waals surface area contributed by atoms with Crippen LogP contribution in [0.3, 0.4) is 0 Å². The number of ether oxygens (including phenoxy) is 2. The first-order valence-corrected chi connectivity index (χ1v) is 9.77. The average molecular weight is 415 g/mol. The minimum absolute atomic E-state index is 0.0108. The summed E-state index contributed by atoms with van der Waals surface area (Å²) in [6.45, 7) is 1.87. The Kier molecular flexibility index (Phi) is 5.69. The van der Waals surface area contributed by atoms with Crippen LogP contribution in [0, 0.1) is 0 Å². The van der Waals surface area contributed by atoms with E-state index in [9.17, 15) is 23.1 Å². The Hall–Kier alpha value is -1.88. The zero-order valence-corrected chi connectivity index (χ0v) is 15.7. The van der Waals surface area contributed by atoms with Gasteiger partial charge in [-0.15, -0.1) is 0 Å². The maximum atomic E-state index is 12.9. The highest BCUT2D eigenvalue weighted by Gasteiger charge is 2.52. The fourth-order valence-corrected chi connectivity index (χ4v) is 4.28. The van der Waals surface area contributed by atoms with Gasteiger partial charge < -0.3 is 25.2 Å². The minimum atomic E-state index is -4.50. The van der Waals surface area contributed by atoms with Gasteiger partial charge in [0, 0.05) is 5.69 Å². The first kappa shape index (κ1) is 20.4. The molecule has 0 radical (unpaired) electrons. The lowest BCUT2D eigenvalue weighted by Crippen LogP contribution is -2.66. The van der Waals surface area contributed by atoms with Crippen LogP contribution in [-0.2, 0) is 15.7 Å². The highest BCUT2D eigenvalue weighted by molar-refractivity contribution is 5.89. The molecule has 2 bridgehead atoms. The molecule has 5 unspecified atom stereocenters. The smallest absolute Gasteiger partial charge is 0.389 e. The molecule has 0 saturated carbocycles.